The van der Waals surface area contributed by atoms with Crippen LogP contribution >= 0.6 is 0 Å². The van der Waals surface area contributed by atoms with Crippen LogP contribution in [-0.4, -0.2) is 76.7 Å². The first-order valence-corrected chi connectivity index (χ1v) is 13.9. The number of aromatic nitrogens is 4. The summed E-state index contributed by atoms with van der Waals surface area (Å²) in [5.41, 5.74) is 1.87. The SMILES string of the molecule is COCC1OC(n2cnc3c(NCCc4ccccc4)nc(CNS(=O)(=O)c4ccccc4)nc32)C(O)C1O. The quantitative estimate of drug-likeness (QED) is 0.212. The molecule has 4 unspecified atom stereocenters. The summed E-state index contributed by atoms with van der Waals surface area (Å²) < 4.78 is 40.6. The van der Waals surface area contributed by atoms with Gasteiger partial charge in [0.2, 0.25) is 10.0 Å². The highest BCUT2D eigenvalue weighted by Gasteiger charge is 2.44. The van der Waals surface area contributed by atoms with Crippen molar-refractivity contribution in [1.82, 2.24) is 24.2 Å². The molecule has 206 valence electrons. The normalized spacial score (nSPS) is 21.4. The molecule has 0 saturated carbocycles. The van der Waals surface area contributed by atoms with E-state index in [1.165, 1.54) is 30.1 Å². The highest BCUT2D eigenvalue weighted by Crippen LogP contribution is 2.32. The molecule has 5 rings (SSSR count). The maximum absolute atomic E-state index is 12.8. The maximum atomic E-state index is 12.8. The van der Waals surface area contributed by atoms with Crippen molar-refractivity contribution in [3.05, 3.63) is 78.4 Å². The Morgan fingerprint density at radius 1 is 1.03 bits per heavy atom. The number of hydrogen-bond donors (Lipinski definition) is 4. The largest absolute Gasteiger partial charge is 0.387 e. The molecule has 1 aliphatic rings. The topological polar surface area (TPSA) is 161 Å². The summed E-state index contributed by atoms with van der Waals surface area (Å²) in [6, 6.07) is 17.9. The molecular weight excluding hydrogens is 524 g/mol. The van der Waals surface area contributed by atoms with Crippen LogP contribution in [0.5, 0.6) is 0 Å². The van der Waals surface area contributed by atoms with Crippen LogP contribution in [0.15, 0.2) is 71.9 Å². The summed E-state index contributed by atoms with van der Waals surface area (Å²) in [6.45, 7) is 0.444. The number of methoxy groups -OCH3 is 1. The number of ether oxygens (including phenoxy) is 2. The van der Waals surface area contributed by atoms with Crippen molar-refractivity contribution in [1.29, 1.82) is 0 Å². The van der Waals surface area contributed by atoms with Crippen molar-refractivity contribution < 1.29 is 28.1 Å². The third-order valence-corrected chi connectivity index (χ3v) is 7.85. The molecule has 4 aromatic rings. The highest BCUT2D eigenvalue weighted by atomic mass is 32.2. The van der Waals surface area contributed by atoms with Crippen molar-refractivity contribution in [2.75, 3.05) is 25.6 Å². The fourth-order valence-electron chi connectivity index (χ4n) is 4.42. The van der Waals surface area contributed by atoms with Crippen LogP contribution in [0.25, 0.3) is 11.2 Å². The summed E-state index contributed by atoms with van der Waals surface area (Å²) in [5.74, 6) is 0.595. The molecule has 0 spiro atoms. The van der Waals surface area contributed by atoms with Gasteiger partial charge in [-0.3, -0.25) is 4.57 Å². The van der Waals surface area contributed by atoms with E-state index in [2.05, 4.69) is 25.0 Å². The second-order valence-electron chi connectivity index (χ2n) is 9.11. The van der Waals surface area contributed by atoms with E-state index in [1.54, 1.807) is 18.2 Å². The standard InChI is InChI=1S/C26H30N6O6S/c1-37-15-19-22(33)23(34)26(38-19)32-16-28-21-24(27-13-12-17-8-4-2-5-9-17)30-20(31-25(21)32)14-29-39(35,36)18-10-6-3-7-11-18/h2-11,16,19,22-23,26,29,33-34H,12-15H2,1H3,(H,27,30,31). The van der Waals surface area contributed by atoms with Crippen molar-refractivity contribution in [2.45, 2.75) is 42.4 Å². The van der Waals surface area contributed by atoms with Gasteiger partial charge in [-0.25, -0.2) is 28.1 Å². The van der Waals surface area contributed by atoms with Gasteiger partial charge >= 0.3 is 0 Å². The maximum Gasteiger partial charge on any atom is 0.240 e. The number of aliphatic hydroxyl groups excluding tert-OH is 2. The Bertz CT molecular complexity index is 1500. The minimum absolute atomic E-state index is 0.0924. The first-order valence-electron chi connectivity index (χ1n) is 12.4. The molecule has 3 heterocycles. The van der Waals surface area contributed by atoms with Gasteiger partial charge in [-0.15, -0.1) is 0 Å². The van der Waals surface area contributed by atoms with E-state index in [-0.39, 0.29) is 23.9 Å². The Morgan fingerprint density at radius 3 is 2.46 bits per heavy atom. The summed E-state index contributed by atoms with van der Waals surface area (Å²) in [5, 5.41) is 24.4. The lowest BCUT2D eigenvalue weighted by Crippen LogP contribution is -2.33. The van der Waals surface area contributed by atoms with E-state index >= 15 is 0 Å². The smallest absolute Gasteiger partial charge is 0.240 e. The zero-order valence-corrected chi connectivity index (χ0v) is 22.0. The molecule has 0 amide bonds. The minimum atomic E-state index is -3.80. The van der Waals surface area contributed by atoms with Gasteiger partial charge in [-0.2, -0.15) is 0 Å². The molecule has 1 saturated heterocycles. The molecule has 4 N–H and O–H groups in total. The van der Waals surface area contributed by atoms with Gasteiger partial charge in [0.15, 0.2) is 23.2 Å². The minimum Gasteiger partial charge on any atom is -0.387 e. The first kappa shape index (κ1) is 27.1. The Morgan fingerprint density at radius 2 is 1.74 bits per heavy atom. The molecule has 1 fully saturated rings. The first-order chi connectivity index (χ1) is 18.9. The third kappa shape index (κ3) is 5.93. The molecule has 0 aliphatic carbocycles. The van der Waals surface area contributed by atoms with Gasteiger partial charge in [0.1, 0.15) is 24.1 Å². The van der Waals surface area contributed by atoms with Crippen LogP contribution in [-0.2, 0) is 32.5 Å². The highest BCUT2D eigenvalue weighted by molar-refractivity contribution is 7.89. The monoisotopic (exact) mass is 554 g/mol. The van der Waals surface area contributed by atoms with Crippen molar-refractivity contribution in [3.63, 3.8) is 0 Å². The second-order valence-corrected chi connectivity index (χ2v) is 10.9. The van der Waals surface area contributed by atoms with Gasteiger partial charge in [-0.1, -0.05) is 48.5 Å². The number of imidazole rings is 1. The van der Waals surface area contributed by atoms with Gasteiger partial charge in [-0.05, 0) is 24.1 Å². The van der Waals surface area contributed by atoms with Crippen molar-refractivity contribution >= 4 is 27.0 Å². The molecule has 39 heavy (non-hydrogen) atoms. The summed E-state index contributed by atoms with van der Waals surface area (Å²) >= 11 is 0. The van der Waals surface area contributed by atoms with Crippen LogP contribution in [0.4, 0.5) is 5.82 Å². The number of sulfonamides is 1. The molecule has 13 heteroatoms. The van der Waals surface area contributed by atoms with Crippen molar-refractivity contribution in [3.8, 4) is 0 Å². The van der Waals surface area contributed by atoms with E-state index in [0.717, 1.165) is 12.0 Å². The van der Waals surface area contributed by atoms with Crippen LogP contribution in [0.2, 0.25) is 0 Å². The van der Waals surface area contributed by atoms with Gasteiger partial charge < -0.3 is 25.0 Å². The van der Waals surface area contributed by atoms with Crippen LogP contribution in [0.3, 0.4) is 0 Å². The molecule has 2 aromatic heterocycles. The number of hydrogen-bond acceptors (Lipinski definition) is 10. The van der Waals surface area contributed by atoms with E-state index in [4.69, 9.17) is 9.47 Å². The zero-order chi connectivity index (χ0) is 27.4. The number of fused-ring (bicyclic) bond motifs is 1. The average molecular weight is 555 g/mol. The molecular formula is C26H30N6O6S. The number of nitrogens with one attached hydrogen (secondary N) is 2. The zero-order valence-electron chi connectivity index (χ0n) is 21.2. The predicted molar refractivity (Wildman–Crippen MR) is 142 cm³/mol. The summed E-state index contributed by atoms with van der Waals surface area (Å²) in [7, 11) is -2.33. The number of rotatable bonds is 11. The lowest BCUT2D eigenvalue weighted by molar-refractivity contribution is -0.0580. The second kappa shape index (κ2) is 11.7. The molecule has 0 bridgehead atoms. The Kier molecular flexibility index (Phi) is 8.16. The van der Waals surface area contributed by atoms with Gasteiger partial charge in [0.25, 0.3) is 0 Å². The average Bonchev–Trinajstić information content (AvgIpc) is 3.49. The van der Waals surface area contributed by atoms with Gasteiger partial charge in [0, 0.05) is 13.7 Å². The number of aliphatic hydroxyl groups is 2. The van der Waals surface area contributed by atoms with Crippen LogP contribution in [0.1, 0.15) is 17.6 Å². The Hall–Kier alpha value is -3.46. The van der Waals surface area contributed by atoms with Crippen LogP contribution < -0.4 is 10.0 Å². The molecule has 1 aliphatic heterocycles. The molecule has 2 aromatic carbocycles. The van der Waals surface area contributed by atoms with E-state index in [1.807, 2.05) is 30.3 Å². The van der Waals surface area contributed by atoms with Crippen molar-refractivity contribution in [2.24, 2.45) is 0 Å². The Balaban J connectivity index is 1.45. The fraction of sp³-hybridized carbons (Fsp3) is 0.346. The Labute approximate surface area is 225 Å². The fourth-order valence-corrected chi connectivity index (χ4v) is 5.42. The summed E-state index contributed by atoms with van der Waals surface area (Å²) in [4.78, 5) is 13.7. The van der Waals surface area contributed by atoms with E-state index in [9.17, 15) is 18.6 Å². The lowest BCUT2D eigenvalue weighted by atomic mass is 10.1. The van der Waals surface area contributed by atoms with Crippen LogP contribution in [0, 0.1) is 0 Å². The molecule has 12 nitrogen and oxygen atoms in total. The predicted octanol–water partition coefficient (Wildman–Crippen LogP) is 1.22. The number of benzene rings is 2. The van der Waals surface area contributed by atoms with E-state index < -0.39 is 34.6 Å². The van der Waals surface area contributed by atoms with Gasteiger partial charge in [0.05, 0.1) is 24.4 Å². The summed E-state index contributed by atoms with van der Waals surface area (Å²) in [6.07, 6.45) is -1.98. The van der Waals surface area contributed by atoms with E-state index in [0.29, 0.717) is 23.5 Å². The third-order valence-electron chi connectivity index (χ3n) is 6.43. The lowest BCUT2D eigenvalue weighted by Gasteiger charge is -2.17. The molecule has 0 radical (unpaired) electrons. The number of anilines is 1. The molecule has 4 atom stereocenters. The number of nitrogens with zero attached hydrogens (tertiary/aromatic N) is 4.